The summed E-state index contributed by atoms with van der Waals surface area (Å²) in [5.41, 5.74) is 0. The predicted octanol–water partition coefficient (Wildman–Crippen LogP) is -2.05. The first-order valence-corrected chi connectivity index (χ1v) is 1.55. The Morgan fingerprint density at radius 2 is 0.438 bits per heavy atom. The van der Waals surface area contributed by atoms with Gasteiger partial charge in [0.25, 0.3) is 0 Å². The Morgan fingerprint density at radius 3 is 0.438 bits per heavy atom. The average Bonchev–Trinajstić information content (AvgIpc) is 2.33. The van der Waals surface area contributed by atoms with E-state index < -0.39 is 0 Å². The van der Waals surface area contributed by atoms with Crippen LogP contribution in [-0.2, 0) is 51.2 Å². The molecule has 16 heavy (non-hydrogen) atoms. The fraction of sp³-hybridized carbons (Fsp3) is 0. The topological polar surface area (TPSA) is 143 Å². The molecule has 0 saturated heterocycles. The molecular formula is C6H7FeMn2N6Na. The van der Waals surface area contributed by atoms with Gasteiger partial charge in [0.1, 0.15) is 0 Å². The van der Waals surface area contributed by atoms with E-state index in [2.05, 4.69) is 39.4 Å². The van der Waals surface area contributed by atoms with E-state index in [1.165, 1.54) is 0 Å². The normalized spacial score (nSPS) is 0.750. The Labute approximate surface area is 152 Å². The molecule has 0 saturated carbocycles. The molecule has 0 unspecified atom stereocenters. The first-order valence-electron chi connectivity index (χ1n) is 1.55. The smallest absolute Gasteiger partial charge is 1.00 e. The Hall–Kier alpha value is -0.502. The molecule has 0 rings (SSSR count). The molecule has 0 N–H and O–H groups in total. The Bertz CT molecular complexity index is 112. The van der Waals surface area contributed by atoms with Crippen LogP contribution in [0.2, 0.25) is 0 Å². The van der Waals surface area contributed by atoms with Gasteiger partial charge in [0.15, 0.2) is 0 Å². The van der Waals surface area contributed by atoms with Gasteiger partial charge in [-0.05, 0) is 0 Å². The molecule has 6 nitrogen and oxygen atoms in total. The van der Waals surface area contributed by atoms with E-state index in [0.29, 0.717) is 0 Å². The van der Waals surface area contributed by atoms with Crippen molar-refractivity contribution in [1.82, 2.24) is 0 Å². The standard InChI is InChI=1S/6CHN.Fe.2Mn.Na.H/c6*1-2;;;;;/h6*1H;;;;;/q;;;;;;;;;+1;-1. The van der Waals surface area contributed by atoms with Crippen molar-refractivity contribution in [3.05, 3.63) is 0 Å². The van der Waals surface area contributed by atoms with Crippen LogP contribution in [0.5, 0.6) is 0 Å². The fourth-order valence-electron chi connectivity index (χ4n) is 0. The summed E-state index contributed by atoms with van der Waals surface area (Å²) in [6.07, 6.45) is 0. The van der Waals surface area contributed by atoms with Crippen LogP contribution < -0.4 is 29.6 Å². The van der Waals surface area contributed by atoms with Crippen molar-refractivity contribution in [2.24, 2.45) is 0 Å². The van der Waals surface area contributed by atoms with Gasteiger partial charge in [-0.1, -0.05) is 0 Å². The molecule has 0 heterocycles. The number of hydrogen-bond acceptors (Lipinski definition) is 6. The molecule has 0 aliphatic heterocycles. The van der Waals surface area contributed by atoms with E-state index in [-0.39, 0.29) is 82.2 Å². The minimum Gasteiger partial charge on any atom is -1.00 e. The third-order valence-electron chi connectivity index (χ3n) is 0. The quantitative estimate of drug-likeness (QED) is 0.459. The van der Waals surface area contributed by atoms with Crippen molar-refractivity contribution in [2.75, 3.05) is 0 Å². The zero-order chi connectivity index (χ0) is 12.0. The SMILES string of the molecule is C#N.C#N.C#N.C#N.C#N.C#N.[Fe].[H-].[Mn].[Mn].[Na+]. The monoisotopic (exact) mass is 352 g/mol. The first-order chi connectivity index (χ1) is 6.00. The summed E-state index contributed by atoms with van der Waals surface area (Å²) in [7, 11) is 0. The van der Waals surface area contributed by atoms with E-state index in [1.54, 1.807) is 0 Å². The van der Waals surface area contributed by atoms with E-state index in [1.807, 2.05) is 0 Å². The summed E-state index contributed by atoms with van der Waals surface area (Å²) >= 11 is 0. The Balaban J connectivity index is -0.00000000267. The van der Waals surface area contributed by atoms with Crippen LogP contribution in [0.1, 0.15) is 1.43 Å². The first kappa shape index (κ1) is 108. The van der Waals surface area contributed by atoms with Crippen molar-refractivity contribution < 1.29 is 82.2 Å². The molecule has 0 fully saturated rings. The zero-order valence-corrected chi connectivity index (χ0v) is 13.7. The van der Waals surface area contributed by atoms with Crippen molar-refractivity contribution in [1.29, 1.82) is 31.6 Å². The van der Waals surface area contributed by atoms with Gasteiger partial charge in [-0.2, -0.15) is 0 Å². The van der Waals surface area contributed by atoms with Gasteiger partial charge in [-0.25, -0.2) is 31.6 Å². The second kappa shape index (κ2) is 10500. The van der Waals surface area contributed by atoms with Crippen molar-refractivity contribution in [2.45, 2.75) is 0 Å². The van der Waals surface area contributed by atoms with Crippen molar-refractivity contribution in [3.8, 4) is 39.4 Å². The van der Waals surface area contributed by atoms with Gasteiger partial charge < -0.3 is 1.43 Å². The molecule has 10 heteroatoms. The van der Waals surface area contributed by atoms with Crippen LogP contribution in [0.4, 0.5) is 0 Å². The zero-order valence-electron chi connectivity index (χ0n) is 9.26. The fourth-order valence-corrected chi connectivity index (χ4v) is 0. The summed E-state index contributed by atoms with van der Waals surface area (Å²) in [5, 5.41) is 39.0. The van der Waals surface area contributed by atoms with Gasteiger partial charge in [-0.3, -0.25) is 0 Å². The molecular weight excluding hydrogens is 345 g/mol. The minimum atomic E-state index is 0. The Kier molecular flexibility index (Phi) is 70700. The number of nitriles is 6. The van der Waals surface area contributed by atoms with E-state index in [4.69, 9.17) is 31.6 Å². The molecule has 0 aromatic heterocycles. The summed E-state index contributed by atoms with van der Waals surface area (Å²) in [5.74, 6) is 0. The third-order valence-corrected chi connectivity index (χ3v) is 0. The third kappa shape index (κ3) is 8380. The van der Waals surface area contributed by atoms with E-state index in [0.717, 1.165) is 0 Å². The summed E-state index contributed by atoms with van der Waals surface area (Å²) in [6.45, 7) is 21.0. The second-order valence-corrected chi connectivity index (χ2v) is 0. The van der Waals surface area contributed by atoms with Crippen LogP contribution in [0, 0.1) is 71.0 Å². The molecule has 0 spiro atoms. The van der Waals surface area contributed by atoms with E-state index >= 15 is 0 Å². The van der Waals surface area contributed by atoms with Gasteiger partial charge in [0.2, 0.25) is 0 Å². The minimum absolute atomic E-state index is 0. The maximum atomic E-state index is 6.50. The number of hydrogen-bond donors (Lipinski definition) is 0. The molecule has 0 amide bonds. The molecule has 2 radical (unpaired) electrons. The van der Waals surface area contributed by atoms with Gasteiger partial charge in [0, 0.05) is 90.6 Å². The van der Waals surface area contributed by atoms with Crippen molar-refractivity contribution >= 4 is 0 Å². The molecule has 0 atom stereocenters. The maximum absolute atomic E-state index is 6.50. The molecule has 0 aromatic rings. The van der Waals surface area contributed by atoms with Crippen LogP contribution >= 0.6 is 0 Å². The summed E-state index contributed by atoms with van der Waals surface area (Å²) in [4.78, 5) is 0. The van der Waals surface area contributed by atoms with E-state index in [9.17, 15) is 0 Å². The number of rotatable bonds is 0. The predicted molar refractivity (Wildman–Crippen MR) is 41.1 cm³/mol. The molecule has 0 aromatic carbocycles. The summed E-state index contributed by atoms with van der Waals surface area (Å²) in [6, 6.07) is 0. The maximum Gasteiger partial charge on any atom is 1.00 e. The van der Waals surface area contributed by atoms with Crippen LogP contribution in [0.15, 0.2) is 0 Å². The van der Waals surface area contributed by atoms with Crippen LogP contribution in [0.25, 0.3) is 0 Å². The number of nitrogens with zero attached hydrogens (tertiary/aromatic N) is 6. The average molecular weight is 352 g/mol. The molecule has 0 bridgehead atoms. The van der Waals surface area contributed by atoms with Crippen molar-refractivity contribution in [3.63, 3.8) is 0 Å². The van der Waals surface area contributed by atoms with Gasteiger partial charge in [-0.15, -0.1) is 0 Å². The second-order valence-electron chi connectivity index (χ2n) is 0. The van der Waals surface area contributed by atoms with Crippen LogP contribution in [-0.4, -0.2) is 0 Å². The molecule has 0 aliphatic carbocycles. The summed E-state index contributed by atoms with van der Waals surface area (Å²) < 4.78 is 0. The van der Waals surface area contributed by atoms with Gasteiger partial charge >= 0.3 is 29.6 Å². The molecule has 0 aliphatic rings. The van der Waals surface area contributed by atoms with Gasteiger partial charge in [0.05, 0.1) is 0 Å². The largest absolute Gasteiger partial charge is 1.00 e. The molecule has 84 valence electrons. The Morgan fingerprint density at radius 1 is 0.438 bits per heavy atom. The van der Waals surface area contributed by atoms with Crippen LogP contribution in [0.3, 0.4) is 0 Å².